The first-order valence-electron chi connectivity index (χ1n) is 9.39. The number of benzene rings is 2. The summed E-state index contributed by atoms with van der Waals surface area (Å²) in [6, 6.07) is 15.0. The van der Waals surface area contributed by atoms with Crippen LogP contribution in [0.25, 0.3) is 0 Å². The number of hydrogen-bond acceptors (Lipinski definition) is 3. The molecule has 3 rings (SSSR count). The number of fused-ring (bicyclic) bond motifs is 1. The number of aryl methyl sites for hydroxylation is 1. The molecule has 5 nitrogen and oxygen atoms in total. The minimum atomic E-state index is -3.31. The van der Waals surface area contributed by atoms with Gasteiger partial charge in [0.05, 0.1) is 11.9 Å². The molecule has 27 heavy (non-hydrogen) atoms. The molecule has 0 spiro atoms. The van der Waals surface area contributed by atoms with E-state index in [0.717, 1.165) is 36.9 Å². The first kappa shape index (κ1) is 19.4. The Kier molecular flexibility index (Phi) is 5.85. The molecule has 0 saturated carbocycles. The molecule has 144 valence electrons. The maximum absolute atomic E-state index is 13.2. The van der Waals surface area contributed by atoms with E-state index in [1.165, 1.54) is 10.6 Å². The first-order valence-corrected chi connectivity index (χ1v) is 11.2. The van der Waals surface area contributed by atoms with Gasteiger partial charge in [-0.3, -0.25) is 9.10 Å². The average Bonchev–Trinajstić information content (AvgIpc) is 2.67. The molecule has 0 aliphatic carbocycles. The van der Waals surface area contributed by atoms with E-state index in [1.54, 1.807) is 12.1 Å². The molecule has 1 amide bonds. The number of anilines is 2. The lowest BCUT2D eigenvalue weighted by atomic mass is 10.00. The van der Waals surface area contributed by atoms with Gasteiger partial charge in [0.2, 0.25) is 10.0 Å². The molecular weight excluding hydrogens is 360 g/mol. The number of nitrogens with zero attached hydrogens (tertiary/aromatic N) is 2. The Balaban J connectivity index is 1.94. The lowest BCUT2D eigenvalue weighted by molar-refractivity contribution is 0.0986. The van der Waals surface area contributed by atoms with Crippen LogP contribution in [-0.4, -0.2) is 33.7 Å². The molecule has 0 N–H and O–H groups in total. The Morgan fingerprint density at radius 2 is 1.89 bits per heavy atom. The summed E-state index contributed by atoms with van der Waals surface area (Å²) in [5, 5.41) is 0. The van der Waals surface area contributed by atoms with Gasteiger partial charge in [-0.25, -0.2) is 8.42 Å². The molecule has 6 heteroatoms. The van der Waals surface area contributed by atoms with E-state index in [-0.39, 0.29) is 5.91 Å². The number of rotatable bonds is 6. The summed E-state index contributed by atoms with van der Waals surface area (Å²) in [6.07, 6.45) is 4.69. The van der Waals surface area contributed by atoms with Crippen LogP contribution < -0.4 is 9.21 Å². The highest BCUT2D eigenvalue weighted by atomic mass is 32.2. The smallest absolute Gasteiger partial charge is 0.258 e. The monoisotopic (exact) mass is 386 g/mol. The van der Waals surface area contributed by atoms with Crippen LogP contribution in [0.15, 0.2) is 48.5 Å². The largest absolute Gasteiger partial charge is 0.308 e. The van der Waals surface area contributed by atoms with Crippen molar-refractivity contribution in [3.05, 3.63) is 59.7 Å². The molecule has 0 bridgehead atoms. The van der Waals surface area contributed by atoms with Gasteiger partial charge in [-0.1, -0.05) is 31.5 Å². The average molecular weight is 387 g/mol. The van der Waals surface area contributed by atoms with Gasteiger partial charge in [-0.15, -0.1) is 0 Å². The predicted molar refractivity (Wildman–Crippen MR) is 110 cm³/mol. The van der Waals surface area contributed by atoms with E-state index >= 15 is 0 Å². The fourth-order valence-electron chi connectivity index (χ4n) is 3.47. The summed E-state index contributed by atoms with van der Waals surface area (Å²) in [7, 11) is -3.31. The minimum Gasteiger partial charge on any atom is -0.308 e. The van der Waals surface area contributed by atoms with Crippen molar-refractivity contribution in [2.75, 3.05) is 28.6 Å². The normalized spacial score (nSPS) is 13.9. The fourth-order valence-corrected chi connectivity index (χ4v) is 4.46. The van der Waals surface area contributed by atoms with E-state index in [4.69, 9.17) is 0 Å². The van der Waals surface area contributed by atoms with Crippen molar-refractivity contribution in [3.63, 3.8) is 0 Å². The quantitative estimate of drug-likeness (QED) is 0.758. The number of carbonyl (C=O) groups is 1. The van der Waals surface area contributed by atoms with Crippen LogP contribution in [0.5, 0.6) is 0 Å². The lowest BCUT2D eigenvalue weighted by Gasteiger charge is -2.30. The van der Waals surface area contributed by atoms with Crippen molar-refractivity contribution in [2.24, 2.45) is 0 Å². The zero-order valence-electron chi connectivity index (χ0n) is 15.9. The highest BCUT2D eigenvalue weighted by Gasteiger charge is 2.26. The van der Waals surface area contributed by atoms with E-state index in [1.807, 2.05) is 41.3 Å². The Morgan fingerprint density at radius 1 is 1.15 bits per heavy atom. The Hall–Kier alpha value is -2.34. The topological polar surface area (TPSA) is 57.7 Å². The second kappa shape index (κ2) is 8.13. The van der Waals surface area contributed by atoms with E-state index in [2.05, 4.69) is 6.92 Å². The molecule has 2 aromatic carbocycles. The molecule has 0 radical (unpaired) electrons. The Labute approximate surface area is 161 Å². The molecule has 1 aliphatic heterocycles. The van der Waals surface area contributed by atoms with Crippen molar-refractivity contribution in [2.45, 2.75) is 32.6 Å². The van der Waals surface area contributed by atoms with Crippen LogP contribution in [0.1, 0.15) is 42.1 Å². The lowest BCUT2D eigenvalue weighted by Crippen LogP contribution is -2.35. The molecule has 0 atom stereocenters. The van der Waals surface area contributed by atoms with Gasteiger partial charge < -0.3 is 4.90 Å². The highest BCUT2D eigenvalue weighted by Crippen LogP contribution is 2.30. The molecule has 1 heterocycles. The third-order valence-electron chi connectivity index (χ3n) is 4.85. The molecule has 0 unspecified atom stereocenters. The summed E-state index contributed by atoms with van der Waals surface area (Å²) < 4.78 is 25.5. The number of carbonyl (C=O) groups excluding carboxylic acids is 1. The van der Waals surface area contributed by atoms with Gasteiger partial charge in [0.15, 0.2) is 0 Å². The van der Waals surface area contributed by atoms with Crippen LogP contribution in [-0.2, 0) is 16.4 Å². The molecule has 1 aliphatic rings. The van der Waals surface area contributed by atoms with Crippen molar-refractivity contribution < 1.29 is 13.2 Å². The van der Waals surface area contributed by atoms with E-state index in [0.29, 0.717) is 24.3 Å². The second-order valence-electron chi connectivity index (χ2n) is 6.93. The Morgan fingerprint density at radius 3 is 2.56 bits per heavy atom. The van der Waals surface area contributed by atoms with Gasteiger partial charge in [0.25, 0.3) is 5.91 Å². The second-order valence-corrected chi connectivity index (χ2v) is 8.83. The Bertz CT molecular complexity index is 910. The van der Waals surface area contributed by atoms with Gasteiger partial charge >= 0.3 is 0 Å². The van der Waals surface area contributed by atoms with Crippen LogP contribution in [0.2, 0.25) is 0 Å². The maximum atomic E-state index is 13.2. The van der Waals surface area contributed by atoms with Crippen LogP contribution in [0.4, 0.5) is 11.4 Å². The SMILES string of the molecule is CCCCN(C(=O)c1ccc2c(c1)CCCN2S(C)(=O)=O)c1ccccc1. The summed E-state index contributed by atoms with van der Waals surface area (Å²) in [5.41, 5.74) is 3.09. The zero-order valence-corrected chi connectivity index (χ0v) is 16.7. The predicted octanol–water partition coefficient (Wildman–Crippen LogP) is 3.85. The van der Waals surface area contributed by atoms with Crippen LogP contribution in [0.3, 0.4) is 0 Å². The van der Waals surface area contributed by atoms with Crippen LogP contribution >= 0.6 is 0 Å². The van der Waals surface area contributed by atoms with Crippen molar-refractivity contribution >= 4 is 27.3 Å². The number of sulfonamides is 1. The highest BCUT2D eigenvalue weighted by molar-refractivity contribution is 7.92. The fraction of sp³-hybridized carbons (Fsp3) is 0.381. The third kappa shape index (κ3) is 4.33. The number of hydrogen-bond donors (Lipinski definition) is 0. The van der Waals surface area contributed by atoms with Crippen molar-refractivity contribution in [1.82, 2.24) is 0 Å². The van der Waals surface area contributed by atoms with E-state index in [9.17, 15) is 13.2 Å². The minimum absolute atomic E-state index is 0.0473. The van der Waals surface area contributed by atoms with Crippen molar-refractivity contribution in [3.8, 4) is 0 Å². The van der Waals surface area contributed by atoms with Gasteiger partial charge in [-0.05, 0) is 55.2 Å². The van der Waals surface area contributed by atoms with E-state index < -0.39 is 10.0 Å². The number of amides is 1. The standard InChI is InChI=1S/C21H26N2O3S/c1-3-4-14-22(19-10-6-5-7-11-19)21(24)18-12-13-20-17(16-18)9-8-15-23(20)27(2,25)26/h5-7,10-13,16H,3-4,8-9,14-15H2,1-2H3. The molecule has 0 saturated heterocycles. The van der Waals surface area contributed by atoms with Gasteiger partial charge in [0, 0.05) is 24.3 Å². The van der Waals surface area contributed by atoms with Crippen molar-refractivity contribution in [1.29, 1.82) is 0 Å². The molecule has 2 aromatic rings. The first-order chi connectivity index (χ1) is 12.9. The summed E-state index contributed by atoms with van der Waals surface area (Å²) in [5.74, 6) is -0.0473. The molecule has 0 aromatic heterocycles. The van der Waals surface area contributed by atoms with Crippen LogP contribution in [0, 0.1) is 0 Å². The summed E-state index contributed by atoms with van der Waals surface area (Å²) >= 11 is 0. The summed E-state index contributed by atoms with van der Waals surface area (Å²) in [6.45, 7) is 3.25. The summed E-state index contributed by atoms with van der Waals surface area (Å²) in [4.78, 5) is 15.0. The third-order valence-corrected chi connectivity index (χ3v) is 6.03. The zero-order chi connectivity index (χ0) is 19.4. The maximum Gasteiger partial charge on any atom is 0.258 e. The number of para-hydroxylation sites is 1. The number of unbranched alkanes of at least 4 members (excludes halogenated alkanes) is 1. The van der Waals surface area contributed by atoms with Gasteiger partial charge in [0.1, 0.15) is 0 Å². The molecular formula is C21H26N2O3S. The molecule has 0 fully saturated rings. The van der Waals surface area contributed by atoms with Gasteiger partial charge in [-0.2, -0.15) is 0 Å².